The number of benzene rings is 2. The molecule has 0 spiro atoms. The lowest BCUT2D eigenvalue weighted by molar-refractivity contribution is 0.417. The predicted molar refractivity (Wildman–Crippen MR) is 100 cm³/mol. The normalized spacial score (nSPS) is 11.8. The van der Waals surface area contributed by atoms with Gasteiger partial charge in [0.2, 0.25) is 0 Å². The van der Waals surface area contributed by atoms with Crippen LogP contribution >= 0.6 is 11.6 Å². The van der Waals surface area contributed by atoms with Crippen LogP contribution in [0.3, 0.4) is 0 Å². The van der Waals surface area contributed by atoms with Gasteiger partial charge in [0.1, 0.15) is 27.0 Å². The number of rotatable bonds is 4. The van der Waals surface area contributed by atoms with Crippen LogP contribution in [0.4, 0.5) is 5.69 Å². The number of pyridine rings is 1. The van der Waals surface area contributed by atoms with E-state index in [-0.39, 0.29) is 15.7 Å². The van der Waals surface area contributed by atoms with Crippen molar-refractivity contribution in [1.29, 1.82) is 0 Å². The van der Waals surface area contributed by atoms with E-state index in [0.29, 0.717) is 16.9 Å². The summed E-state index contributed by atoms with van der Waals surface area (Å²) >= 11 is 5.71. The lowest BCUT2D eigenvalue weighted by Crippen LogP contribution is -2.13. The fourth-order valence-electron chi connectivity index (χ4n) is 2.73. The minimum Gasteiger partial charge on any atom is -0.495 e. The van der Waals surface area contributed by atoms with Crippen molar-refractivity contribution in [1.82, 2.24) is 4.98 Å². The zero-order chi connectivity index (χ0) is 18.3. The molecule has 0 radical (unpaired) electrons. The molecule has 0 bridgehead atoms. The Bertz CT molecular complexity index is 1220. The number of nitrogens with one attached hydrogen (secondary N) is 1. The summed E-state index contributed by atoms with van der Waals surface area (Å²) in [7, 11) is -2.38. The third-order valence-electron chi connectivity index (χ3n) is 3.95. The second-order valence-corrected chi connectivity index (χ2v) is 7.64. The van der Waals surface area contributed by atoms with Crippen molar-refractivity contribution in [2.24, 2.45) is 0 Å². The van der Waals surface area contributed by atoms with E-state index < -0.39 is 10.0 Å². The first-order chi connectivity index (χ1) is 12.5. The minimum absolute atomic E-state index is 0.00587. The van der Waals surface area contributed by atoms with Gasteiger partial charge in [-0.05, 0) is 24.3 Å². The van der Waals surface area contributed by atoms with Crippen molar-refractivity contribution < 1.29 is 17.6 Å². The molecule has 132 valence electrons. The Morgan fingerprint density at radius 1 is 1.08 bits per heavy atom. The Morgan fingerprint density at radius 3 is 2.62 bits per heavy atom. The number of para-hydroxylation sites is 1. The molecule has 0 aliphatic rings. The zero-order valence-electron chi connectivity index (χ0n) is 13.6. The summed E-state index contributed by atoms with van der Waals surface area (Å²) in [6.07, 6.45) is 1.19. The van der Waals surface area contributed by atoms with Gasteiger partial charge >= 0.3 is 0 Å². The number of anilines is 1. The maximum atomic E-state index is 12.6. The molecule has 2 heterocycles. The minimum atomic E-state index is -3.85. The molecule has 26 heavy (non-hydrogen) atoms. The average molecular weight is 389 g/mol. The van der Waals surface area contributed by atoms with E-state index in [1.54, 1.807) is 12.1 Å². The Labute approximate surface area is 154 Å². The smallest absolute Gasteiger partial charge is 0.263 e. The molecule has 0 aliphatic heterocycles. The molecule has 0 amide bonds. The van der Waals surface area contributed by atoms with Crippen molar-refractivity contribution in [2.45, 2.75) is 4.90 Å². The molecule has 0 saturated heterocycles. The number of halogens is 1. The molecule has 2 aromatic carbocycles. The number of hydrogen-bond acceptors (Lipinski definition) is 5. The van der Waals surface area contributed by atoms with E-state index >= 15 is 0 Å². The monoisotopic (exact) mass is 388 g/mol. The molecule has 4 rings (SSSR count). The number of aromatic nitrogens is 1. The van der Waals surface area contributed by atoms with Crippen LogP contribution in [0, 0.1) is 0 Å². The van der Waals surface area contributed by atoms with Crippen molar-refractivity contribution in [3.63, 3.8) is 0 Å². The predicted octanol–water partition coefficient (Wildman–Crippen LogP) is 4.44. The summed E-state index contributed by atoms with van der Waals surface area (Å²) in [5, 5.41) is 1.98. The van der Waals surface area contributed by atoms with Crippen LogP contribution < -0.4 is 9.46 Å². The second-order valence-electron chi connectivity index (χ2n) is 5.57. The van der Waals surface area contributed by atoms with Gasteiger partial charge in [0.25, 0.3) is 10.0 Å². The van der Waals surface area contributed by atoms with Gasteiger partial charge in [-0.2, -0.15) is 0 Å². The molecule has 0 aliphatic carbocycles. The molecule has 2 aromatic heterocycles. The number of nitrogens with zero attached hydrogens (tertiary/aromatic N) is 1. The van der Waals surface area contributed by atoms with Crippen LogP contribution in [0.5, 0.6) is 5.75 Å². The van der Waals surface area contributed by atoms with Crippen LogP contribution in [0.1, 0.15) is 0 Å². The number of hydrogen-bond donors (Lipinski definition) is 1. The number of ether oxygens (including phenoxy) is 1. The first-order valence-electron chi connectivity index (χ1n) is 7.61. The van der Waals surface area contributed by atoms with Crippen molar-refractivity contribution >= 4 is 49.3 Å². The van der Waals surface area contributed by atoms with Crippen LogP contribution in [0.2, 0.25) is 5.15 Å². The molecule has 0 fully saturated rings. The first kappa shape index (κ1) is 16.7. The second kappa shape index (κ2) is 6.19. The summed E-state index contributed by atoms with van der Waals surface area (Å²) < 4.78 is 38.9. The van der Waals surface area contributed by atoms with Gasteiger partial charge in [0.15, 0.2) is 0 Å². The van der Waals surface area contributed by atoms with Gasteiger partial charge in [-0.25, -0.2) is 13.4 Å². The quantitative estimate of drug-likeness (QED) is 0.522. The lowest BCUT2D eigenvalue weighted by atomic mass is 10.1. The maximum absolute atomic E-state index is 12.6. The maximum Gasteiger partial charge on any atom is 0.263 e. The molecular weight excluding hydrogens is 376 g/mol. The van der Waals surface area contributed by atoms with E-state index in [1.807, 2.05) is 24.3 Å². The summed E-state index contributed by atoms with van der Waals surface area (Å²) in [6, 6.07) is 13.7. The summed E-state index contributed by atoms with van der Waals surface area (Å²) in [4.78, 5) is 3.80. The van der Waals surface area contributed by atoms with Crippen LogP contribution in [0.25, 0.3) is 21.9 Å². The summed E-state index contributed by atoms with van der Waals surface area (Å²) in [6.45, 7) is 0. The highest BCUT2D eigenvalue weighted by molar-refractivity contribution is 7.92. The van der Waals surface area contributed by atoms with Crippen molar-refractivity contribution in [2.75, 3.05) is 11.8 Å². The van der Waals surface area contributed by atoms with Gasteiger partial charge < -0.3 is 9.15 Å². The SMILES string of the molecule is COc1cc2c(cc1NS(=O)(=O)c1ccc(Cl)nc1)oc1ccccc12. The van der Waals surface area contributed by atoms with E-state index in [9.17, 15) is 8.42 Å². The number of furan rings is 1. The van der Waals surface area contributed by atoms with Crippen LogP contribution in [0.15, 0.2) is 64.0 Å². The van der Waals surface area contributed by atoms with Gasteiger partial charge in [-0.3, -0.25) is 4.72 Å². The molecule has 0 unspecified atom stereocenters. The average Bonchev–Trinajstić information content (AvgIpc) is 2.98. The fourth-order valence-corrected chi connectivity index (χ4v) is 3.84. The zero-order valence-corrected chi connectivity index (χ0v) is 15.1. The number of fused-ring (bicyclic) bond motifs is 3. The molecule has 8 heteroatoms. The van der Waals surface area contributed by atoms with Crippen LogP contribution in [-0.4, -0.2) is 20.5 Å². The van der Waals surface area contributed by atoms with Gasteiger partial charge in [-0.15, -0.1) is 0 Å². The van der Waals surface area contributed by atoms with E-state index in [1.165, 1.54) is 25.4 Å². The van der Waals surface area contributed by atoms with Gasteiger partial charge in [0.05, 0.1) is 12.8 Å². The van der Waals surface area contributed by atoms with Gasteiger partial charge in [0, 0.05) is 23.0 Å². The highest BCUT2D eigenvalue weighted by Gasteiger charge is 2.19. The van der Waals surface area contributed by atoms with Gasteiger partial charge in [-0.1, -0.05) is 29.8 Å². The highest BCUT2D eigenvalue weighted by Crippen LogP contribution is 2.37. The van der Waals surface area contributed by atoms with Crippen molar-refractivity contribution in [3.8, 4) is 5.75 Å². The van der Waals surface area contributed by atoms with E-state index in [4.69, 9.17) is 20.8 Å². The molecule has 1 N–H and O–H groups in total. The largest absolute Gasteiger partial charge is 0.495 e. The Kier molecular flexibility index (Phi) is 3.97. The molecule has 4 aromatic rings. The lowest BCUT2D eigenvalue weighted by Gasteiger charge is -2.12. The Balaban J connectivity index is 1.82. The first-order valence-corrected chi connectivity index (χ1v) is 9.48. The standard InChI is InChI=1S/C18H13ClN2O4S/c1-24-17-8-13-12-4-2-3-5-15(12)25-16(13)9-14(17)21-26(22,23)11-6-7-18(19)20-10-11/h2-10,21H,1H3. The van der Waals surface area contributed by atoms with Crippen LogP contribution in [-0.2, 0) is 10.0 Å². The molecule has 6 nitrogen and oxygen atoms in total. The third kappa shape index (κ3) is 2.85. The topological polar surface area (TPSA) is 81.4 Å². The van der Waals surface area contributed by atoms with E-state index in [2.05, 4.69) is 9.71 Å². The Hall–Kier alpha value is -2.77. The highest BCUT2D eigenvalue weighted by atomic mass is 35.5. The molecule has 0 atom stereocenters. The fraction of sp³-hybridized carbons (Fsp3) is 0.0556. The third-order valence-corrected chi connectivity index (χ3v) is 5.53. The Morgan fingerprint density at radius 2 is 1.88 bits per heavy atom. The van der Waals surface area contributed by atoms with E-state index in [0.717, 1.165) is 10.8 Å². The molecule has 0 saturated carbocycles. The van der Waals surface area contributed by atoms with Crippen molar-refractivity contribution in [3.05, 3.63) is 59.9 Å². The number of sulfonamides is 1. The molecular formula is C18H13ClN2O4S. The summed E-state index contributed by atoms with van der Waals surface area (Å²) in [5.74, 6) is 0.384. The summed E-state index contributed by atoms with van der Waals surface area (Å²) in [5.41, 5.74) is 1.54. The number of methoxy groups -OCH3 is 1.